The van der Waals surface area contributed by atoms with Crippen molar-refractivity contribution in [1.29, 1.82) is 0 Å². The minimum absolute atomic E-state index is 0.649. The quantitative estimate of drug-likeness (QED) is 0.575. The number of nitrogens with zero attached hydrogens (tertiary/aromatic N) is 4. The Morgan fingerprint density at radius 2 is 1.70 bits per heavy atom. The molecule has 0 atom stereocenters. The van der Waals surface area contributed by atoms with Gasteiger partial charge in [0.2, 0.25) is 0 Å². The van der Waals surface area contributed by atoms with E-state index in [9.17, 15) is 0 Å². The van der Waals surface area contributed by atoms with Gasteiger partial charge in [-0.15, -0.1) is 10.2 Å². The molecule has 0 bridgehead atoms. The first-order valence-corrected chi connectivity index (χ1v) is 10.6. The molecule has 1 aliphatic heterocycles. The minimum atomic E-state index is 0.649. The summed E-state index contributed by atoms with van der Waals surface area (Å²) >= 11 is 6.50. The molecule has 1 aromatic heterocycles. The number of halogens is 1. The van der Waals surface area contributed by atoms with Crippen molar-refractivity contribution >= 4 is 11.6 Å². The van der Waals surface area contributed by atoms with Crippen molar-refractivity contribution in [3.63, 3.8) is 0 Å². The Bertz CT molecular complexity index is 990. The van der Waals surface area contributed by atoms with Crippen molar-refractivity contribution in [2.24, 2.45) is 0 Å². The highest BCUT2D eigenvalue weighted by Crippen LogP contribution is 2.33. The van der Waals surface area contributed by atoms with E-state index in [0.29, 0.717) is 16.5 Å². The molecule has 0 unspecified atom stereocenters. The number of ether oxygens (including phenoxy) is 2. The summed E-state index contributed by atoms with van der Waals surface area (Å²) in [7, 11) is 3.26. The van der Waals surface area contributed by atoms with Crippen LogP contribution in [-0.4, -0.2) is 47.0 Å². The Balaban J connectivity index is 1.42. The molecule has 0 N–H and O–H groups in total. The Hall–Kier alpha value is -2.57. The molecule has 0 radical (unpaired) electrons. The molecule has 30 heavy (non-hydrogen) atoms. The fraction of sp³-hybridized carbons (Fsp3) is 0.391. The molecule has 6 nitrogen and oxygen atoms in total. The highest BCUT2D eigenvalue weighted by molar-refractivity contribution is 6.31. The Labute approximate surface area is 182 Å². The average Bonchev–Trinajstić information content (AvgIpc) is 3.06. The highest BCUT2D eigenvalue weighted by Gasteiger charge is 2.20. The lowest BCUT2D eigenvalue weighted by Crippen LogP contribution is -2.27. The van der Waals surface area contributed by atoms with Gasteiger partial charge in [-0.2, -0.15) is 0 Å². The molecule has 158 valence electrons. The zero-order chi connectivity index (χ0) is 20.9. The second-order valence-electron chi connectivity index (χ2n) is 7.49. The molecule has 0 amide bonds. The lowest BCUT2D eigenvalue weighted by atomic mass is 10.1. The van der Waals surface area contributed by atoms with Gasteiger partial charge in [0.15, 0.2) is 11.5 Å². The van der Waals surface area contributed by atoms with Gasteiger partial charge in [0.25, 0.3) is 0 Å². The molecule has 1 aliphatic rings. The Kier molecular flexibility index (Phi) is 6.55. The predicted molar refractivity (Wildman–Crippen MR) is 117 cm³/mol. The van der Waals surface area contributed by atoms with E-state index in [2.05, 4.69) is 43.9 Å². The summed E-state index contributed by atoms with van der Waals surface area (Å²) < 4.78 is 13.1. The minimum Gasteiger partial charge on any atom is -0.493 e. The third kappa shape index (κ3) is 4.60. The van der Waals surface area contributed by atoms with Gasteiger partial charge < -0.3 is 14.0 Å². The average molecular weight is 427 g/mol. The number of methoxy groups -OCH3 is 2. The van der Waals surface area contributed by atoms with E-state index >= 15 is 0 Å². The van der Waals surface area contributed by atoms with Crippen molar-refractivity contribution in [3.05, 3.63) is 70.3 Å². The standard InChI is InChI=1S/C23H27ClN4O2/c1-29-20-14-18(19(24)15-21(20)30-2)16-27-11-10-23-26-25-22(28(23)13-12-27)9-8-17-6-4-3-5-7-17/h3-7,14-15H,8-13,16H2,1-2H3. The van der Waals surface area contributed by atoms with Crippen molar-refractivity contribution in [3.8, 4) is 11.5 Å². The van der Waals surface area contributed by atoms with E-state index in [0.717, 1.165) is 62.7 Å². The Morgan fingerprint density at radius 1 is 0.933 bits per heavy atom. The number of fused-ring (bicyclic) bond motifs is 1. The maximum atomic E-state index is 6.50. The van der Waals surface area contributed by atoms with Gasteiger partial charge in [0.05, 0.1) is 14.2 Å². The molecular weight excluding hydrogens is 400 g/mol. The topological polar surface area (TPSA) is 52.4 Å². The van der Waals surface area contributed by atoms with Crippen molar-refractivity contribution in [2.45, 2.75) is 32.4 Å². The van der Waals surface area contributed by atoms with Crippen LogP contribution in [0.15, 0.2) is 42.5 Å². The normalized spacial score (nSPS) is 14.2. The summed E-state index contributed by atoms with van der Waals surface area (Å²) in [5.41, 5.74) is 2.37. The van der Waals surface area contributed by atoms with Crippen LogP contribution in [0.25, 0.3) is 0 Å². The van der Waals surface area contributed by atoms with Gasteiger partial charge in [-0.05, 0) is 23.6 Å². The summed E-state index contributed by atoms with van der Waals surface area (Å²) in [6.45, 7) is 3.49. The van der Waals surface area contributed by atoms with Crippen molar-refractivity contribution in [1.82, 2.24) is 19.7 Å². The third-order valence-corrected chi connectivity index (χ3v) is 5.97. The maximum Gasteiger partial charge on any atom is 0.162 e. The molecule has 3 aromatic rings. The number of hydrogen-bond acceptors (Lipinski definition) is 5. The maximum absolute atomic E-state index is 6.50. The van der Waals surface area contributed by atoms with Crippen LogP contribution in [0.2, 0.25) is 5.02 Å². The molecule has 0 fully saturated rings. The molecule has 0 saturated heterocycles. The lowest BCUT2D eigenvalue weighted by Gasteiger charge is -2.21. The Morgan fingerprint density at radius 3 is 2.47 bits per heavy atom. The molecule has 4 rings (SSSR count). The lowest BCUT2D eigenvalue weighted by molar-refractivity contribution is 0.269. The second-order valence-corrected chi connectivity index (χ2v) is 7.90. The summed E-state index contributed by atoms with van der Waals surface area (Å²) in [6.07, 6.45) is 2.76. The number of rotatable bonds is 7. The second kappa shape index (κ2) is 9.49. The summed E-state index contributed by atoms with van der Waals surface area (Å²) in [4.78, 5) is 2.41. The third-order valence-electron chi connectivity index (χ3n) is 5.62. The van der Waals surface area contributed by atoms with Crippen LogP contribution in [0.1, 0.15) is 22.8 Å². The van der Waals surface area contributed by atoms with E-state index in [1.165, 1.54) is 5.56 Å². The molecule has 2 heterocycles. The van der Waals surface area contributed by atoms with Gasteiger partial charge in [0.1, 0.15) is 11.6 Å². The smallest absolute Gasteiger partial charge is 0.162 e. The summed E-state index contributed by atoms with van der Waals surface area (Å²) in [6, 6.07) is 14.3. The van der Waals surface area contributed by atoms with Crippen LogP contribution in [0.3, 0.4) is 0 Å². The fourth-order valence-electron chi connectivity index (χ4n) is 3.93. The zero-order valence-electron chi connectivity index (χ0n) is 17.5. The van der Waals surface area contributed by atoms with Crippen LogP contribution in [0, 0.1) is 0 Å². The van der Waals surface area contributed by atoms with Crippen molar-refractivity contribution < 1.29 is 9.47 Å². The summed E-state index contributed by atoms with van der Waals surface area (Å²) in [5, 5.41) is 9.62. The number of aryl methyl sites for hydroxylation is 2. The van der Waals surface area contributed by atoms with Crippen LogP contribution < -0.4 is 9.47 Å². The van der Waals surface area contributed by atoms with Crippen LogP contribution >= 0.6 is 11.6 Å². The molecule has 2 aromatic carbocycles. The zero-order valence-corrected chi connectivity index (χ0v) is 18.2. The van der Waals surface area contributed by atoms with E-state index in [4.69, 9.17) is 21.1 Å². The molecule has 0 saturated carbocycles. The largest absolute Gasteiger partial charge is 0.493 e. The monoisotopic (exact) mass is 426 g/mol. The summed E-state index contributed by atoms with van der Waals surface area (Å²) in [5.74, 6) is 3.49. The van der Waals surface area contributed by atoms with Gasteiger partial charge in [0, 0.05) is 50.1 Å². The van der Waals surface area contributed by atoms with Crippen LogP contribution in [0.5, 0.6) is 11.5 Å². The van der Waals surface area contributed by atoms with E-state index in [-0.39, 0.29) is 0 Å². The van der Waals surface area contributed by atoms with Crippen LogP contribution in [-0.2, 0) is 32.4 Å². The van der Waals surface area contributed by atoms with Gasteiger partial charge >= 0.3 is 0 Å². The van der Waals surface area contributed by atoms with Crippen LogP contribution in [0.4, 0.5) is 0 Å². The number of aromatic nitrogens is 3. The highest BCUT2D eigenvalue weighted by atomic mass is 35.5. The van der Waals surface area contributed by atoms with E-state index < -0.39 is 0 Å². The SMILES string of the molecule is COc1cc(Cl)c(CN2CCc3nnc(CCc4ccccc4)n3CC2)cc1OC. The number of hydrogen-bond donors (Lipinski definition) is 0. The molecule has 0 aliphatic carbocycles. The fourth-order valence-corrected chi connectivity index (χ4v) is 4.14. The first-order valence-electron chi connectivity index (χ1n) is 10.3. The van der Waals surface area contributed by atoms with Gasteiger partial charge in [-0.25, -0.2) is 0 Å². The van der Waals surface area contributed by atoms with Crippen molar-refractivity contribution in [2.75, 3.05) is 27.3 Å². The van der Waals surface area contributed by atoms with Gasteiger partial charge in [-0.1, -0.05) is 41.9 Å². The van der Waals surface area contributed by atoms with E-state index in [1.807, 2.05) is 18.2 Å². The number of benzene rings is 2. The molecule has 7 heteroatoms. The predicted octanol–water partition coefficient (Wildman–Crippen LogP) is 3.79. The van der Waals surface area contributed by atoms with E-state index in [1.54, 1.807) is 14.2 Å². The molecular formula is C23H27ClN4O2. The van der Waals surface area contributed by atoms with Gasteiger partial charge in [-0.3, -0.25) is 4.90 Å². The molecule has 0 spiro atoms. The first-order chi connectivity index (χ1) is 14.7. The first kappa shape index (κ1) is 20.7.